The Labute approximate surface area is 130 Å². The third-order valence-corrected chi connectivity index (χ3v) is 3.42. The van der Waals surface area contributed by atoms with Crippen LogP contribution in [-0.4, -0.2) is 17.5 Å². The zero-order valence-corrected chi connectivity index (χ0v) is 13.1. The molecule has 5 nitrogen and oxygen atoms in total. The van der Waals surface area contributed by atoms with Gasteiger partial charge in [0.2, 0.25) is 5.91 Å². The first-order chi connectivity index (χ1) is 10.5. The van der Waals surface area contributed by atoms with E-state index in [1.165, 1.54) is 11.8 Å². The first kappa shape index (κ1) is 15.8. The number of aryl methyl sites for hydroxylation is 2. The molecule has 0 fully saturated rings. The van der Waals surface area contributed by atoms with Gasteiger partial charge in [0.05, 0.1) is 24.9 Å². The molecular weight excluding hydrogens is 278 g/mol. The number of pyridine rings is 1. The minimum absolute atomic E-state index is 0.117. The number of carbonyl (C=O) groups is 1. The fourth-order valence-corrected chi connectivity index (χ4v) is 2.11. The summed E-state index contributed by atoms with van der Waals surface area (Å²) in [6, 6.07) is 7.47. The van der Waals surface area contributed by atoms with Crippen LogP contribution >= 0.6 is 0 Å². The summed E-state index contributed by atoms with van der Waals surface area (Å²) in [4.78, 5) is 15.8. The fraction of sp³-hybridized carbons (Fsp3) is 0.294. The number of ether oxygens (including phenoxy) is 1. The molecule has 0 aliphatic rings. The molecule has 5 heteroatoms. The Bertz CT molecular complexity index is 666. The summed E-state index contributed by atoms with van der Waals surface area (Å²) in [7, 11) is 0. The Morgan fingerprint density at radius 1 is 1.27 bits per heavy atom. The third-order valence-electron chi connectivity index (χ3n) is 3.42. The molecule has 1 aromatic carbocycles. The Kier molecular flexibility index (Phi) is 4.99. The van der Waals surface area contributed by atoms with Gasteiger partial charge in [0.15, 0.2) is 0 Å². The molecule has 0 unspecified atom stereocenters. The normalized spacial score (nSPS) is 10.3. The van der Waals surface area contributed by atoms with Crippen molar-refractivity contribution in [2.45, 2.75) is 27.2 Å². The van der Waals surface area contributed by atoms with E-state index in [2.05, 4.69) is 23.3 Å². The van der Waals surface area contributed by atoms with Gasteiger partial charge < -0.3 is 15.8 Å². The minimum atomic E-state index is -0.117. The summed E-state index contributed by atoms with van der Waals surface area (Å²) >= 11 is 0. The second-order valence-corrected chi connectivity index (χ2v) is 5.32. The van der Waals surface area contributed by atoms with Crippen LogP contribution in [0, 0.1) is 20.8 Å². The second-order valence-electron chi connectivity index (χ2n) is 5.32. The van der Waals surface area contributed by atoms with E-state index in [9.17, 15) is 4.79 Å². The number of nitrogen functional groups attached to an aromatic ring is 1. The van der Waals surface area contributed by atoms with E-state index < -0.39 is 0 Å². The average molecular weight is 299 g/mol. The van der Waals surface area contributed by atoms with Crippen molar-refractivity contribution in [2.24, 2.45) is 0 Å². The molecule has 0 saturated carbocycles. The van der Waals surface area contributed by atoms with Crippen LogP contribution in [0.5, 0.6) is 5.75 Å². The number of hydrogen-bond donors (Lipinski definition) is 2. The lowest BCUT2D eigenvalue weighted by Gasteiger charge is -2.12. The van der Waals surface area contributed by atoms with E-state index >= 15 is 0 Å². The van der Waals surface area contributed by atoms with Gasteiger partial charge in [-0.05, 0) is 55.7 Å². The van der Waals surface area contributed by atoms with Crippen LogP contribution in [0.3, 0.4) is 0 Å². The molecule has 0 aliphatic heterocycles. The number of nitrogens with one attached hydrogen (secondary N) is 1. The maximum Gasteiger partial charge on any atom is 0.227 e. The van der Waals surface area contributed by atoms with Crippen molar-refractivity contribution < 1.29 is 9.53 Å². The van der Waals surface area contributed by atoms with E-state index in [0.29, 0.717) is 18.1 Å². The van der Waals surface area contributed by atoms with Gasteiger partial charge in [-0.2, -0.15) is 0 Å². The first-order valence-electron chi connectivity index (χ1n) is 7.18. The number of nitrogens with zero attached hydrogens (tertiary/aromatic N) is 1. The minimum Gasteiger partial charge on any atom is -0.493 e. The third kappa shape index (κ3) is 4.22. The summed E-state index contributed by atoms with van der Waals surface area (Å²) in [6.45, 7) is 6.43. The van der Waals surface area contributed by atoms with Crippen molar-refractivity contribution in [3.8, 4) is 5.75 Å². The largest absolute Gasteiger partial charge is 0.493 e. The molecule has 116 valence electrons. The highest BCUT2D eigenvalue weighted by Crippen LogP contribution is 2.23. The molecule has 0 saturated heterocycles. The predicted molar refractivity (Wildman–Crippen MR) is 88.0 cm³/mol. The molecule has 0 aliphatic carbocycles. The quantitative estimate of drug-likeness (QED) is 0.889. The van der Waals surface area contributed by atoms with Crippen molar-refractivity contribution in [3.63, 3.8) is 0 Å². The van der Waals surface area contributed by atoms with Crippen LogP contribution in [0.25, 0.3) is 0 Å². The highest BCUT2D eigenvalue weighted by molar-refractivity contribution is 5.90. The number of hydrogen-bond acceptors (Lipinski definition) is 4. The molecule has 22 heavy (non-hydrogen) atoms. The monoisotopic (exact) mass is 299 g/mol. The molecule has 1 aromatic heterocycles. The fourth-order valence-electron chi connectivity index (χ4n) is 2.11. The summed E-state index contributed by atoms with van der Waals surface area (Å²) in [5.41, 5.74) is 9.56. The van der Waals surface area contributed by atoms with Gasteiger partial charge in [-0.25, -0.2) is 4.98 Å². The number of anilines is 2. The van der Waals surface area contributed by atoms with Crippen LogP contribution in [0.2, 0.25) is 0 Å². The zero-order chi connectivity index (χ0) is 16.1. The SMILES string of the molecule is Cc1cc(C)c(C)c(OCCC(=O)Nc2ccc(N)nc2)c1. The smallest absolute Gasteiger partial charge is 0.227 e. The molecule has 2 aromatic rings. The predicted octanol–water partition coefficient (Wildman–Crippen LogP) is 3.00. The van der Waals surface area contributed by atoms with Crippen molar-refractivity contribution in [1.82, 2.24) is 4.98 Å². The van der Waals surface area contributed by atoms with Crippen LogP contribution in [0.4, 0.5) is 11.5 Å². The van der Waals surface area contributed by atoms with Crippen LogP contribution in [-0.2, 0) is 4.79 Å². The number of carbonyl (C=O) groups excluding carboxylic acids is 1. The van der Waals surface area contributed by atoms with Gasteiger partial charge in [0.1, 0.15) is 11.6 Å². The highest BCUT2D eigenvalue weighted by atomic mass is 16.5. The number of benzene rings is 1. The van der Waals surface area contributed by atoms with Gasteiger partial charge in [-0.1, -0.05) is 6.07 Å². The van der Waals surface area contributed by atoms with Gasteiger partial charge in [-0.15, -0.1) is 0 Å². The van der Waals surface area contributed by atoms with Gasteiger partial charge in [0, 0.05) is 0 Å². The molecule has 0 spiro atoms. The van der Waals surface area contributed by atoms with Crippen molar-refractivity contribution in [2.75, 3.05) is 17.7 Å². The molecule has 0 radical (unpaired) electrons. The van der Waals surface area contributed by atoms with E-state index in [-0.39, 0.29) is 12.3 Å². The lowest BCUT2D eigenvalue weighted by atomic mass is 10.1. The number of amides is 1. The summed E-state index contributed by atoms with van der Waals surface area (Å²) in [6.07, 6.45) is 1.80. The molecular formula is C17H21N3O2. The van der Waals surface area contributed by atoms with Crippen LogP contribution in [0.15, 0.2) is 30.5 Å². The zero-order valence-electron chi connectivity index (χ0n) is 13.1. The Hall–Kier alpha value is -2.56. The maximum absolute atomic E-state index is 11.9. The number of aromatic nitrogens is 1. The van der Waals surface area contributed by atoms with Crippen LogP contribution < -0.4 is 15.8 Å². The van der Waals surface area contributed by atoms with Crippen molar-refractivity contribution >= 4 is 17.4 Å². The molecule has 1 amide bonds. The Morgan fingerprint density at radius 2 is 2.05 bits per heavy atom. The Balaban J connectivity index is 1.86. The maximum atomic E-state index is 11.9. The number of nitrogens with two attached hydrogens (primary N) is 1. The summed E-state index contributed by atoms with van der Waals surface area (Å²) in [5, 5.41) is 2.76. The van der Waals surface area contributed by atoms with Crippen molar-refractivity contribution in [1.29, 1.82) is 0 Å². The second kappa shape index (κ2) is 6.93. The standard InChI is InChI=1S/C17H21N3O2/c1-11-8-12(2)13(3)15(9-11)22-7-6-17(21)20-14-4-5-16(18)19-10-14/h4-5,8-10H,6-7H2,1-3H3,(H2,18,19)(H,20,21). The number of rotatable bonds is 5. The van der Waals surface area contributed by atoms with E-state index in [0.717, 1.165) is 16.9 Å². The Morgan fingerprint density at radius 3 is 2.73 bits per heavy atom. The topological polar surface area (TPSA) is 77.2 Å². The molecule has 0 atom stereocenters. The van der Waals surface area contributed by atoms with E-state index in [4.69, 9.17) is 10.5 Å². The molecule has 2 rings (SSSR count). The summed E-state index contributed by atoms with van der Waals surface area (Å²) < 4.78 is 5.73. The molecule has 0 bridgehead atoms. The summed E-state index contributed by atoms with van der Waals surface area (Å²) in [5.74, 6) is 1.14. The van der Waals surface area contributed by atoms with Gasteiger partial charge in [0.25, 0.3) is 0 Å². The van der Waals surface area contributed by atoms with E-state index in [1.54, 1.807) is 12.1 Å². The van der Waals surface area contributed by atoms with E-state index in [1.807, 2.05) is 19.9 Å². The lowest BCUT2D eigenvalue weighted by Crippen LogP contribution is -2.15. The average Bonchev–Trinajstić information content (AvgIpc) is 2.46. The molecule has 3 N–H and O–H groups in total. The van der Waals surface area contributed by atoms with Crippen LogP contribution in [0.1, 0.15) is 23.1 Å². The lowest BCUT2D eigenvalue weighted by molar-refractivity contribution is -0.116. The van der Waals surface area contributed by atoms with Gasteiger partial charge in [-0.3, -0.25) is 4.79 Å². The van der Waals surface area contributed by atoms with Crippen molar-refractivity contribution in [3.05, 3.63) is 47.2 Å². The highest BCUT2D eigenvalue weighted by Gasteiger charge is 2.07. The first-order valence-corrected chi connectivity index (χ1v) is 7.18. The molecule has 1 heterocycles. The van der Waals surface area contributed by atoms with Gasteiger partial charge >= 0.3 is 0 Å².